The number of rotatable bonds is 8. The molecule has 0 aliphatic carbocycles. The van der Waals surface area contributed by atoms with Gasteiger partial charge in [0, 0.05) is 31.9 Å². The lowest BCUT2D eigenvalue weighted by molar-refractivity contribution is -0.274. The average molecular weight is 473 g/mol. The molecule has 0 fully saturated rings. The third kappa shape index (κ3) is 6.38. The molecule has 0 unspecified atom stereocenters. The van der Waals surface area contributed by atoms with E-state index in [-0.39, 0.29) is 11.7 Å². The van der Waals surface area contributed by atoms with Crippen LogP contribution in [0.25, 0.3) is 17.2 Å². The number of benzene rings is 2. The van der Waals surface area contributed by atoms with Crippen LogP contribution in [0.3, 0.4) is 0 Å². The quantitative estimate of drug-likeness (QED) is 0.383. The van der Waals surface area contributed by atoms with Gasteiger partial charge >= 0.3 is 6.36 Å². The number of aryl methyl sites for hydroxylation is 1. The number of unbranched alkanes of at least 4 members (excludes halogenated alkanes) is 1. The second-order valence-corrected chi connectivity index (χ2v) is 8.46. The smallest absolute Gasteiger partial charge is 0.406 e. The Balaban J connectivity index is 1.18. The summed E-state index contributed by atoms with van der Waals surface area (Å²) < 4.78 is 43.3. The molecule has 2 aromatic carbocycles. The van der Waals surface area contributed by atoms with Gasteiger partial charge in [-0.2, -0.15) is 0 Å². The van der Waals surface area contributed by atoms with Crippen LogP contribution in [0, 0.1) is 6.92 Å². The maximum Gasteiger partial charge on any atom is 0.573 e. The van der Waals surface area contributed by atoms with Crippen molar-refractivity contribution in [2.45, 2.75) is 39.1 Å². The summed E-state index contributed by atoms with van der Waals surface area (Å²) in [6.45, 7) is 4.84. The number of fused-ring (bicyclic) bond motifs is 2. The minimum atomic E-state index is -4.69. The van der Waals surface area contributed by atoms with Gasteiger partial charge in [-0.3, -0.25) is 9.69 Å². The molecular weight excluding hydrogens is 445 g/mol. The Hall–Kier alpha value is -3.33. The molecule has 0 atom stereocenters. The fourth-order valence-electron chi connectivity index (χ4n) is 4.12. The molecule has 34 heavy (non-hydrogen) atoms. The van der Waals surface area contributed by atoms with E-state index in [4.69, 9.17) is 0 Å². The molecule has 1 aliphatic rings. The van der Waals surface area contributed by atoms with E-state index >= 15 is 0 Å². The summed E-state index contributed by atoms with van der Waals surface area (Å²) in [7, 11) is 0. The number of nitrogens with one attached hydrogen (secondary N) is 1. The molecule has 3 aromatic rings. The molecule has 4 rings (SSSR count). The Kier molecular flexibility index (Phi) is 7.21. The second-order valence-electron chi connectivity index (χ2n) is 8.46. The lowest BCUT2D eigenvalue weighted by Gasteiger charge is -2.29. The van der Waals surface area contributed by atoms with E-state index in [9.17, 15) is 18.0 Å². The minimum absolute atomic E-state index is 0.168. The van der Waals surface area contributed by atoms with E-state index in [0.717, 1.165) is 60.1 Å². The van der Waals surface area contributed by atoms with Gasteiger partial charge in [0.25, 0.3) is 0 Å². The van der Waals surface area contributed by atoms with Gasteiger partial charge in [-0.25, -0.2) is 4.98 Å². The number of imidazole rings is 1. The highest BCUT2D eigenvalue weighted by Gasteiger charge is 2.31. The summed E-state index contributed by atoms with van der Waals surface area (Å²) in [5.41, 5.74) is 4.89. The van der Waals surface area contributed by atoms with E-state index in [1.807, 2.05) is 29.7 Å². The van der Waals surface area contributed by atoms with Gasteiger partial charge in [-0.15, -0.1) is 13.2 Å². The number of halogens is 3. The third-order valence-corrected chi connectivity index (χ3v) is 5.82. The number of hydrogen-bond donors (Lipinski definition) is 1. The van der Waals surface area contributed by atoms with Crippen molar-refractivity contribution >= 4 is 23.1 Å². The van der Waals surface area contributed by atoms with Crippen LogP contribution in [0.2, 0.25) is 0 Å². The maximum atomic E-state index is 12.5. The first-order chi connectivity index (χ1) is 16.3. The highest BCUT2D eigenvalue weighted by molar-refractivity contribution is 5.91. The van der Waals surface area contributed by atoms with Gasteiger partial charge in [-0.05, 0) is 73.7 Å². The zero-order valence-corrected chi connectivity index (χ0v) is 18.9. The number of carbonyl (C=O) groups excluding carboxylic acids is 1. The van der Waals surface area contributed by atoms with Crippen molar-refractivity contribution in [3.05, 3.63) is 65.5 Å². The molecule has 1 amide bonds. The van der Waals surface area contributed by atoms with E-state index in [0.29, 0.717) is 13.1 Å². The van der Waals surface area contributed by atoms with Crippen LogP contribution >= 0.6 is 0 Å². The van der Waals surface area contributed by atoms with Crippen LogP contribution in [0.1, 0.15) is 29.5 Å². The summed E-state index contributed by atoms with van der Waals surface area (Å²) in [4.78, 5) is 18.7. The van der Waals surface area contributed by atoms with Crippen LogP contribution in [-0.4, -0.2) is 46.4 Å². The standard InChI is InChI=1S/C25H27F3N4O2/c1-18-4-7-23-22(14-18)30-17-32(23)13-9-24(33)29-10-2-3-11-31-12-8-19-5-6-21(15-20(19)16-31)34-25(26,27)28/h4-7,9,13-15,17H,2-3,8,10-12,16H2,1H3,(H,29,33)/b13-9+. The average Bonchev–Trinajstić information content (AvgIpc) is 3.18. The molecule has 1 aliphatic heterocycles. The van der Waals surface area contributed by atoms with E-state index < -0.39 is 6.36 Å². The summed E-state index contributed by atoms with van der Waals surface area (Å²) in [6, 6.07) is 10.5. The highest BCUT2D eigenvalue weighted by Crippen LogP contribution is 2.28. The van der Waals surface area contributed by atoms with Gasteiger partial charge in [0.05, 0.1) is 17.4 Å². The fourth-order valence-corrected chi connectivity index (χ4v) is 4.12. The van der Waals surface area contributed by atoms with Crippen molar-refractivity contribution in [1.29, 1.82) is 0 Å². The molecule has 1 aromatic heterocycles. The van der Waals surface area contributed by atoms with Crippen molar-refractivity contribution in [2.24, 2.45) is 0 Å². The molecule has 2 heterocycles. The number of ether oxygens (including phenoxy) is 1. The normalized spacial score (nSPS) is 14.5. The first kappa shape index (κ1) is 23.8. The fraction of sp³-hybridized carbons (Fsp3) is 0.360. The third-order valence-electron chi connectivity index (χ3n) is 5.82. The van der Waals surface area contributed by atoms with Crippen LogP contribution < -0.4 is 10.1 Å². The van der Waals surface area contributed by atoms with Gasteiger partial charge in [-0.1, -0.05) is 12.1 Å². The molecule has 1 N–H and O–H groups in total. The number of nitrogens with zero attached hydrogens (tertiary/aromatic N) is 3. The largest absolute Gasteiger partial charge is 0.573 e. The predicted molar refractivity (Wildman–Crippen MR) is 124 cm³/mol. The molecular formula is C25H27F3N4O2. The Labute approximate surface area is 196 Å². The van der Waals surface area contributed by atoms with Crippen molar-refractivity contribution < 1.29 is 22.7 Å². The summed E-state index contributed by atoms with van der Waals surface area (Å²) >= 11 is 0. The lowest BCUT2D eigenvalue weighted by Crippen LogP contribution is -2.32. The molecule has 9 heteroatoms. The number of aromatic nitrogens is 2. The lowest BCUT2D eigenvalue weighted by atomic mass is 9.99. The van der Waals surface area contributed by atoms with Gasteiger partial charge in [0.1, 0.15) is 5.75 Å². The van der Waals surface area contributed by atoms with Crippen molar-refractivity contribution in [1.82, 2.24) is 19.8 Å². The van der Waals surface area contributed by atoms with E-state index in [2.05, 4.69) is 19.9 Å². The first-order valence-corrected chi connectivity index (χ1v) is 11.3. The summed E-state index contributed by atoms with van der Waals surface area (Å²) in [5.74, 6) is -0.347. The van der Waals surface area contributed by atoms with E-state index in [1.54, 1.807) is 18.6 Å². The predicted octanol–water partition coefficient (Wildman–Crippen LogP) is 4.67. The maximum absolute atomic E-state index is 12.5. The summed E-state index contributed by atoms with van der Waals surface area (Å²) in [6.07, 6.45) is 2.67. The zero-order valence-electron chi connectivity index (χ0n) is 18.9. The van der Waals surface area contributed by atoms with Crippen LogP contribution in [0.5, 0.6) is 5.75 Å². The monoisotopic (exact) mass is 472 g/mol. The van der Waals surface area contributed by atoms with Gasteiger partial charge in [0.15, 0.2) is 0 Å². The molecule has 6 nitrogen and oxygen atoms in total. The van der Waals surface area contributed by atoms with Crippen molar-refractivity contribution in [2.75, 3.05) is 19.6 Å². The Bertz CT molecular complexity index is 1190. The van der Waals surface area contributed by atoms with E-state index in [1.165, 1.54) is 18.2 Å². The number of amides is 1. The summed E-state index contributed by atoms with van der Waals surface area (Å²) in [5, 5.41) is 2.88. The zero-order chi connectivity index (χ0) is 24.1. The molecule has 0 radical (unpaired) electrons. The molecule has 0 saturated carbocycles. The van der Waals surface area contributed by atoms with Gasteiger partial charge in [0.2, 0.25) is 5.91 Å². The van der Waals surface area contributed by atoms with Crippen LogP contribution in [0.15, 0.2) is 48.8 Å². The number of hydrogen-bond acceptors (Lipinski definition) is 4. The molecule has 0 spiro atoms. The van der Waals surface area contributed by atoms with Crippen molar-refractivity contribution in [3.63, 3.8) is 0 Å². The van der Waals surface area contributed by atoms with Crippen LogP contribution in [0.4, 0.5) is 13.2 Å². The van der Waals surface area contributed by atoms with Crippen molar-refractivity contribution in [3.8, 4) is 5.75 Å². The van der Waals surface area contributed by atoms with Crippen LogP contribution in [-0.2, 0) is 17.8 Å². The Morgan fingerprint density at radius 3 is 2.85 bits per heavy atom. The van der Waals surface area contributed by atoms with Gasteiger partial charge < -0.3 is 14.6 Å². The molecule has 180 valence electrons. The minimum Gasteiger partial charge on any atom is -0.406 e. The topological polar surface area (TPSA) is 59.4 Å². The Morgan fingerprint density at radius 1 is 1.18 bits per heavy atom. The number of carbonyl (C=O) groups is 1. The Morgan fingerprint density at radius 2 is 2.03 bits per heavy atom. The number of alkyl halides is 3. The first-order valence-electron chi connectivity index (χ1n) is 11.3. The highest BCUT2D eigenvalue weighted by atomic mass is 19.4. The second kappa shape index (κ2) is 10.3. The SMILES string of the molecule is Cc1ccc2c(c1)ncn2/C=C/C(=O)NCCCCN1CCc2ccc(OC(F)(F)F)cc2C1. The molecule has 0 saturated heterocycles. The molecule has 0 bridgehead atoms.